The molecule has 154 valence electrons. The quantitative estimate of drug-likeness (QED) is 0.678. The van der Waals surface area contributed by atoms with Crippen molar-refractivity contribution in [1.29, 1.82) is 0 Å². The first kappa shape index (κ1) is 18.4. The molecule has 0 aromatic carbocycles. The van der Waals surface area contributed by atoms with Crippen molar-refractivity contribution in [3.05, 3.63) is 58.9 Å². The zero-order valence-corrected chi connectivity index (χ0v) is 17.7. The number of aromatic nitrogens is 3. The van der Waals surface area contributed by atoms with E-state index in [1.807, 2.05) is 6.20 Å². The molecule has 1 saturated heterocycles. The van der Waals surface area contributed by atoms with E-state index in [-0.39, 0.29) is 5.41 Å². The number of ether oxygens (including phenoxy) is 1. The summed E-state index contributed by atoms with van der Waals surface area (Å²) in [6, 6.07) is 11.1. The van der Waals surface area contributed by atoms with Gasteiger partial charge in [0.2, 0.25) is 5.95 Å². The fourth-order valence-electron chi connectivity index (χ4n) is 4.64. The van der Waals surface area contributed by atoms with Crippen LogP contribution in [0.1, 0.15) is 36.2 Å². The summed E-state index contributed by atoms with van der Waals surface area (Å²) in [5.41, 5.74) is 4.47. The molecule has 3 aliphatic rings. The SMILES string of the molecule is c1cc(CN2CCC3(COCc4cnc(NC5CC5)nc43)C2)nc(-c2cccs2)c1. The van der Waals surface area contributed by atoms with E-state index in [9.17, 15) is 0 Å². The van der Waals surface area contributed by atoms with E-state index >= 15 is 0 Å². The molecule has 0 radical (unpaired) electrons. The third-order valence-electron chi connectivity index (χ3n) is 6.31. The van der Waals surface area contributed by atoms with Gasteiger partial charge in [-0.25, -0.2) is 9.97 Å². The summed E-state index contributed by atoms with van der Waals surface area (Å²) in [6.45, 7) is 4.19. The van der Waals surface area contributed by atoms with Gasteiger partial charge in [-0.15, -0.1) is 11.3 Å². The van der Waals surface area contributed by atoms with Crippen molar-refractivity contribution >= 4 is 17.3 Å². The van der Waals surface area contributed by atoms with Gasteiger partial charge in [0, 0.05) is 30.9 Å². The van der Waals surface area contributed by atoms with Crippen LogP contribution in [0.25, 0.3) is 10.6 Å². The largest absolute Gasteiger partial charge is 0.376 e. The lowest BCUT2D eigenvalue weighted by molar-refractivity contribution is 0.0502. The number of hydrogen-bond acceptors (Lipinski definition) is 7. The van der Waals surface area contributed by atoms with Crippen LogP contribution < -0.4 is 5.32 Å². The molecule has 1 saturated carbocycles. The molecule has 0 amide bonds. The first-order valence-electron chi connectivity index (χ1n) is 10.7. The summed E-state index contributed by atoms with van der Waals surface area (Å²) in [4.78, 5) is 18.1. The standard InChI is InChI=1S/C23H25N5OS/c1-3-18(25-19(4-1)20-5-2-10-30-20)12-28-9-8-23(14-28)15-29-13-16-11-24-22(27-21(16)23)26-17-6-7-17/h1-5,10-11,17H,6-9,12-15H2,(H,24,26,27). The molecule has 3 aromatic rings. The fraction of sp³-hybridized carbons (Fsp3) is 0.435. The van der Waals surface area contributed by atoms with E-state index in [2.05, 4.69) is 50.9 Å². The maximum Gasteiger partial charge on any atom is 0.223 e. The summed E-state index contributed by atoms with van der Waals surface area (Å²) >= 11 is 1.73. The second-order valence-corrected chi connectivity index (χ2v) is 9.66. The van der Waals surface area contributed by atoms with Gasteiger partial charge in [0.25, 0.3) is 0 Å². The monoisotopic (exact) mass is 419 g/mol. The van der Waals surface area contributed by atoms with Crippen molar-refractivity contribution < 1.29 is 4.74 Å². The van der Waals surface area contributed by atoms with Crippen molar-refractivity contribution in [2.45, 2.75) is 43.9 Å². The van der Waals surface area contributed by atoms with Gasteiger partial charge in [0.1, 0.15) is 0 Å². The Hall–Kier alpha value is -2.35. The molecule has 1 unspecified atom stereocenters. The predicted molar refractivity (Wildman–Crippen MR) is 117 cm³/mol. The van der Waals surface area contributed by atoms with Crippen LogP contribution in [-0.2, 0) is 23.3 Å². The van der Waals surface area contributed by atoms with Crippen LogP contribution in [0, 0.1) is 0 Å². The van der Waals surface area contributed by atoms with Crippen LogP contribution in [-0.4, -0.2) is 45.6 Å². The Morgan fingerprint density at radius 1 is 1.20 bits per heavy atom. The van der Waals surface area contributed by atoms with Crippen LogP contribution in [0.5, 0.6) is 0 Å². The molecular weight excluding hydrogens is 394 g/mol. The first-order chi connectivity index (χ1) is 14.8. The second-order valence-electron chi connectivity index (χ2n) is 8.71. The molecule has 3 aromatic heterocycles. The molecule has 5 heterocycles. The molecule has 1 aliphatic carbocycles. The third-order valence-corrected chi connectivity index (χ3v) is 7.20. The van der Waals surface area contributed by atoms with Gasteiger partial charge in [-0.3, -0.25) is 9.88 Å². The Morgan fingerprint density at radius 2 is 2.17 bits per heavy atom. The Kier molecular flexibility index (Phi) is 4.55. The zero-order chi connectivity index (χ0) is 20.0. The molecule has 1 spiro atoms. The number of nitrogens with zero attached hydrogens (tertiary/aromatic N) is 4. The number of likely N-dealkylation sites (tertiary alicyclic amines) is 1. The number of fused-ring (bicyclic) bond motifs is 2. The molecule has 2 aliphatic heterocycles. The molecule has 30 heavy (non-hydrogen) atoms. The minimum absolute atomic E-state index is 0.0398. The maximum absolute atomic E-state index is 5.99. The molecule has 6 rings (SSSR count). The number of hydrogen-bond donors (Lipinski definition) is 1. The van der Waals surface area contributed by atoms with Crippen molar-refractivity contribution in [1.82, 2.24) is 19.9 Å². The van der Waals surface area contributed by atoms with E-state index in [4.69, 9.17) is 14.7 Å². The van der Waals surface area contributed by atoms with Gasteiger partial charge < -0.3 is 10.1 Å². The van der Waals surface area contributed by atoms with Crippen LogP contribution in [0.4, 0.5) is 5.95 Å². The Bertz CT molecular complexity index is 1050. The lowest BCUT2D eigenvalue weighted by atomic mass is 9.80. The van der Waals surface area contributed by atoms with Crippen molar-refractivity contribution in [2.24, 2.45) is 0 Å². The topological polar surface area (TPSA) is 63.2 Å². The van der Waals surface area contributed by atoms with Gasteiger partial charge in [0.05, 0.1) is 40.6 Å². The van der Waals surface area contributed by atoms with Gasteiger partial charge in [-0.2, -0.15) is 0 Å². The minimum Gasteiger partial charge on any atom is -0.376 e. The van der Waals surface area contributed by atoms with E-state index in [1.165, 1.54) is 23.4 Å². The lowest BCUT2D eigenvalue weighted by Crippen LogP contribution is -2.40. The lowest BCUT2D eigenvalue weighted by Gasteiger charge is -2.34. The Morgan fingerprint density at radius 3 is 3.03 bits per heavy atom. The number of thiophene rings is 1. The van der Waals surface area contributed by atoms with Crippen LogP contribution >= 0.6 is 11.3 Å². The van der Waals surface area contributed by atoms with Crippen LogP contribution in [0.2, 0.25) is 0 Å². The van der Waals surface area contributed by atoms with Crippen LogP contribution in [0.3, 0.4) is 0 Å². The molecule has 7 heteroatoms. The van der Waals surface area contributed by atoms with Gasteiger partial charge in [-0.1, -0.05) is 12.1 Å². The van der Waals surface area contributed by atoms with Crippen molar-refractivity contribution in [2.75, 3.05) is 25.0 Å². The highest BCUT2D eigenvalue weighted by molar-refractivity contribution is 7.13. The highest BCUT2D eigenvalue weighted by atomic mass is 32.1. The minimum atomic E-state index is -0.0398. The number of nitrogens with one attached hydrogen (secondary N) is 1. The maximum atomic E-state index is 5.99. The summed E-state index contributed by atoms with van der Waals surface area (Å²) in [5.74, 6) is 0.779. The smallest absolute Gasteiger partial charge is 0.223 e. The molecule has 1 N–H and O–H groups in total. The molecule has 2 fully saturated rings. The third kappa shape index (κ3) is 3.51. The molecular formula is C23H25N5OS. The summed E-state index contributed by atoms with van der Waals surface area (Å²) in [6.07, 6.45) is 5.47. The number of anilines is 1. The fourth-order valence-corrected chi connectivity index (χ4v) is 5.33. The summed E-state index contributed by atoms with van der Waals surface area (Å²) in [7, 11) is 0. The Labute approximate surface area is 180 Å². The molecule has 6 nitrogen and oxygen atoms in total. The average molecular weight is 420 g/mol. The summed E-state index contributed by atoms with van der Waals surface area (Å²) < 4.78 is 5.99. The van der Waals surface area contributed by atoms with E-state index in [0.29, 0.717) is 12.6 Å². The van der Waals surface area contributed by atoms with Gasteiger partial charge >= 0.3 is 0 Å². The second kappa shape index (κ2) is 7.41. The van der Waals surface area contributed by atoms with E-state index in [1.54, 1.807) is 11.3 Å². The summed E-state index contributed by atoms with van der Waals surface area (Å²) in [5, 5.41) is 5.56. The van der Waals surface area contributed by atoms with Gasteiger partial charge in [-0.05, 0) is 49.4 Å². The van der Waals surface area contributed by atoms with Crippen molar-refractivity contribution in [3.8, 4) is 10.6 Å². The zero-order valence-electron chi connectivity index (χ0n) is 16.9. The Balaban J connectivity index is 1.22. The van der Waals surface area contributed by atoms with Gasteiger partial charge in [0.15, 0.2) is 0 Å². The highest BCUT2D eigenvalue weighted by Gasteiger charge is 2.45. The normalized spacial score (nSPS) is 23.6. The molecule has 1 atom stereocenters. The highest BCUT2D eigenvalue weighted by Crippen LogP contribution is 2.40. The van der Waals surface area contributed by atoms with Crippen molar-refractivity contribution in [3.63, 3.8) is 0 Å². The first-order valence-corrected chi connectivity index (χ1v) is 11.6. The number of rotatable bonds is 5. The average Bonchev–Trinajstić information content (AvgIpc) is 3.25. The van der Waals surface area contributed by atoms with E-state index < -0.39 is 0 Å². The predicted octanol–water partition coefficient (Wildman–Crippen LogP) is 3.85. The van der Waals surface area contributed by atoms with E-state index in [0.717, 1.165) is 55.6 Å². The van der Waals surface area contributed by atoms with Crippen LogP contribution in [0.15, 0.2) is 41.9 Å². The number of pyridine rings is 1. The molecule has 0 bridgehead atoms.